The third-order valence-corrected chi connectivity index (χ3v) is 5.41. The SMILES string of the molecule is CCC(C)C(NC(=O)OCc1ccccc1)C(=O)Nc1cccc(C(=O)N(CC)CC)c1. The number of rotatable bonds is 10. The van der Waals surface area contributed by atoms with E-state index in [1.807, 2.05) is 58.0 Å². The molecule has 0 aliphatic rings. The Morgan fingerprint density at radius 3 is 2.28 bits per heavy atom. The average Bonchev–Trinajstić information content (AvgIpc) is 2.82. The maximum atomic E-state index is 13.0. The lowest BCUT2D eigenvalue weighted by Crippen LogP contribution is -2.47. The second kappa shape index (κ2) is 12.5. The number of carbonyl (C=O) groups is 3. The predicted molar refractivity (Wildman–Crippen MR) is 125 cm³/mol. The molecule has 3 amide bonds. The Morgan fingerprint density at radius 2 is 1.66 bits per heavy atom. The summed E-state index contributed by atoms with van der Waals surface area (Å²) < 4.78 is 5.28. The summed E-state index contributed by atoms with van der Waals surface area (Å²) in [5, 5.41) is 5.51. The summed E-state index contributed by atoms with van der Waals surface area (Å²) in [5.74, 6) is -0.560. The van der Waals surface area contributed by atoms with E-state index in [-0.39, 0.29) is 24.3 Å². The fourth-order valence-electron chi connectivity index (χ4n) is 3.24. The molecule has 0 aliphatic carbocycles. The quantitative estimate of drug-likeness (QED) is 0.573. The van der Waals surface area contributed by atoms with Gasteiger partial charge in [0.1, 0.15) is 12.6 Å². The number of anilines is 1. The van der Waals surface area contributed by atoms with Gasteiger partial charge >= 0.3 is 6.09 Å². The molecule has 0 spiro atoms. The second-order valence-corrected chi connectivity index (χ2v) is 7.62. The molecule has 0 radical (unpaired) electrons. The highest BCUT2D eigenvalue weighted by Gasteiger charge is 2.27. The number of nitrogens with one attached hydrogen (secondary N) is 2. The fourth-order valence-corrected chi connectivity index (χ4v) is 3.24. The van der Waals surface area contributed by atoms with Crippen LogP contribution in [-0.2, 0) is 16.1 Å². The van der Waals surface area contributed by atoms with E-state index in [4.69, 9.17) is 4.74 Å². The first-order chi connectivity index (χ1) is 15.4. The standard InChI is InChI=1S/C25H33N3O4/c1-5-18(4)22(27-25(31)32-17-19-12-9-8-10-13-19)23(29)26-21-15-11-14-20(16-21)24(30)28(6-2)7-3/h8-16,18,22H,5-7,17H2,1-4H3,(H,26,29)(H,27,31). The summed E-state index contributed by atoms with van der Waals surface area (Å²) in [6, 6.07) is 15.4. The van der Waals surface area contributed by atoms with Crippen LogP contribution in [0.3, 0.4) is 0 Å². The van der Waals surface area contributed by atoms with Crippen LogP contribution >= 0.6 is 0 Å². The predicted octanol–water partition coefficient (Wildman–Crippen LogP) is 4.45. The van der Waals surface area contributed by atoms with Gasteiger partial charge in [-0.05, 0) is 43.5 Å². The van der Waals surface area contributed by atoms with Crippen molar-refractivity contribution < 1.29 is 19.1 Å². The lowest BCUT2D eigenvalue weighted by Gasteiger charge is -2.23. The van der Waals surface area contributed by atoms with Crippen molar-refractivity contribution in [2.75, 3.05) is 18.4 Å². The zero-order chi connectivity index (χ0) is 23.5. The summed E-state index contributed by atoms with van der Waals surface area (Å²) in [4.78, 5) is 39.6. The smallest absolute Gasteiger partial charge is 0.408 e. The Kier molecular flexibility index (Phi) is 9.73. The van der Waals surface area contributed by atoms with Gasteiger partial charge in [-0.15, -0.1) is 0 Å². The monoisotopic (exact) mass is 439 g/mol. The van der Waals surface area contributed by atoms with Gasteiger partial charge in [-0.3, -0.25) is 9.59 Å². The highest BCUT2D eigenvalue weighted by Crippen LogP contribution is 2.16. The van der Waals surface area contributed by atoms with Crippen molar-refractivity contribution in [3.05, 3.63) is 65.7 Å². The van der Waals surface area contributed by atoms with Gasteiger partial charge < -0.3 is 20.3 Å². The number of ether oxygens (including phenoxy) is 1. The van der Waals surface area contributed by atoms with Gasteiger partial charge in [-0.1, -0.05) is 56.7 Å². The van der Waals surface area contributed by atoms with E-state index < -0.39 is 12.1 Å². The van der Waals surface area contributed by atoms with Crippen LogP contribution in [0.15, 0.2) is 54.6 Å². The molecule has 0 saturated carbocycles. The van der Waals surface area contributed by atoms with E-state index in [1.165, 1.54) is 0 Å². The third-order valence-electron chi connectivity index (χ3n) is 5.41. The van der Waals surface area contributed by atoms with Gasteiger partial charge in [0, 0.05) is 24.3 Å². The summed E-state index contributed by atoms with van der Waals surface area (Å²) >= 11 is 0. The van der Waals surface area contributed by atoms with Gasteiger partial charge in [0.05, 0.1) is 0 Å². The topological polar surface area (TPSA) is 87.7 Å². The Morgan fingerprint density at radius 1 is 0.969 bits per heavy atom. The first-order valence-corrected chi connectivity index (χ1v) is 11.1. The molecule has 2 N–H and O–H groups in total. The first-order valence-electron chi connectivity index (χ1n) is 11.1. The minimum Gasteiger partial charge on any atom is -0.445 e. The lowest BCUT2D eigenvalue weighted by atomic mass is 9.98. The zero-order valence-corrected chi connectivity index (χ0v) is 19.3. The van der Waals surface area contributed by atoms with Gasteiger partial charge in [-0.25, -0.2) is 4.79 Å². The number of hydrogen-bond donors (Lipinski definition) is 2. The third kappa shape index (κ3) is 7.11. The molecule has 2 aromatic rings. The largest absolute Gasteiger partial charge is 0.445 e. The van der Waals surface area contributed by atoms with Crippen molar-refractivity contribution in [2.45, 2.75) is 46.8 Å². The van der Waals surface area contributed by atoms with Crippen LogP contribution in [0, 0.1) is 5.92 Å². The van der Waals surface area contributed by atoms with Crippen LogP contribution in [-0.4, -0.2) is 41.9 Å². The highest BCUT2D eigenvalue weighted by molar-refractivity contribution is 5.99. The molecule has 172 valence electrons. The van der Waals surface area contributed by atoms with Gasteiger partial charge in [-0.2, -0.15) is 0 Å². The lowest BCUT2D eigenvalue weighted by molar-refractivity contribution is -0.119. The molecule has 7 heteroatoms. The molecule has 2 rings (SSSR count). The molecule has 2 aromatic carbocycles. The van der Waals surface area contributed by atoms with Crippen molar-refractivity contribution in [1.82, 2.24) is 10.2 Å². The normalized spacial score (nSPS) is 12.4. The summed E-state index contributed by atoms with van der Waals surface area (Å²) in [6.07, 6.45) is 0.0390. The molecule has 0 aromatic heterocycles. The van der Waals surface area contributed by atoms with E-state index in [0.29, 0.717) is 30.8 Å². The van der Waals surface area contributed by atoms with Gasteiger partial charge in [0.15, 0.2) is 0 Å². The van der Waals surface area contributed by atoms with E-state index in [0.717, 1.165) is 5.56 Å². The molecule has 2 atom stereocenters. The molecular formula is C25H33N3O4. The van der Waals surface area contributed by atoms with Crippen molar-refractivity contribution in [2.24, 2.45) is 5.92 Å². The number of amides is 3. The molecule has 7 nitrogen and oxygen atoms in total. The van der Waals surface area contributed by atoms with E-state index in [9.17, 15) is 14.4 Å². The maximum absolute atomic E-state index is 13.0. The molecule has 0 fully saturated rings. The van der Waals surface area contributed by atoms with Crippen molar-refractivity contribution in [3.8, 4) is 0 Å². The van der Waals surface area contributed by atoms with Crippen LogP contribution in [0.4, 0.5) is 10.5 Å². The number of carbonyl (C=O) groups excluding carboxylic acids is 3. The molecule has 0 saturated heterocycles. The fraction of sp³-hybridized carbons (Fsp3) is 0.400. The Balaban J connectivity index is 2.05. The highest BCUT2D eigenvalue weighted by atomic mass is 16.5. The molecule has 0 aliphatic heterocycles. The minimum absolute atomic E-state index is 0.0906. The van der Waals surface area contributed by atoms with E-state index >= 15 is 0 Å². The Hall–Kier alpha value is -3.35. The average molecular weight is 440 g/mol. The maximum Gasteiger partial charge on any atom is 0.408 e. The molecule has 0 heterocycles. The second-order valence-electron chi connectivity index (χ2n) is 7.62. The molecule has 32 heavy (non-hydrogen) atoms. The first kappa shape index (κ1) is 24.9. The van der Waals surface area contributed by atoms with Crippen LogP contribution in [0.2, 0.25) is 0 Å². The van der Waals surface area contributed by atoms with Crippen LogP contribution < -0.4 is 10.6 Å². The Bertz CT molecular complexity index is 897. The van der Waals surface area contributed by atoms with Crippen molar-refractivity contribution >= 4 is 23.6 Å². The molecule has 0 bridgehead atoms. The van der Waals surface area contributed by atoms with Crippen LogP contribution in [0.1, 0.15) is 50.0 Å². The summed E-state index contributed by atoms with van der Waals surface area (Å²) in [7, 11) is 0. The van der Waals surface area contributed by atoms with E-state index in [1.54, 1.807) is 29.2 Å². The van der Waals surface area contributed by atoms with E-state index in [2.05, 4.69) is 10.6 Å². The molecular weight excluding hydrogens is 406 g/mol. The summed E-state index contributed by atoms with van der Waals surface area (Å²) in [6.45, 7) is 9.02. The van der Waals surface area contributed by atoms with Crippen LogP contribution in [0.5, 0.6) is 0 Å². The van der Waals surface area contributed by atoms with Crippen LogP contribution in [0.25, 0.3) is 0 Å². The number of alkyl carbamates (subject to hydrolysis) is 1. The summed E-state index contributed by atoms with van der Waals surface area (Å²) in [5.41, 5.74) is 1.87. The minimum atomic E-state index is -0.773. The zero-order valence-electron chi connectivity index (χ0n) is 19.3. The number of benzene rings is 2. The number of nitrogens with zero attached hydrogens (tertiary/aromatic N) is 1. The molecule has 2 unspecified atom stereocenters. The van der Waals surface area contributed by atoms with Crippen molar-refractivity contribution in [3.63, 3.8) is 0 Å². The van der Waals surface area contributed by atoms with Crippen molar-refractivity contribution in [1.29, 1.82) is 0 Å². The van der Waals surface area contributed by atoms with Gasteiger partial charge in [0.25, 0.3) is 5.91 Å². The van der Waals surface area contributed by atoms with Gasteiger partial charge in [0.2, 0.25) is 5.91 Å². The number of hydrogen-bond acceptors (Lipinski definition) is 4. The Labute approximate surface area is 190 Å².